The Morgan fingerprint density at radius 3 is 2.59 bits per heavy atom. The average molecular weight is 389 g/mol. The smallest absolute Gasteiger partial charge is 0.209 e. The Hall–Kier alpha value is -3.12. The van der Waals surface area contributed by atoms with Crippen molar-refractivity contribution in [2.45, 2.75) is 25.3 Å². The van der Waals surface area contributed by atoms with E-state index in [1.807, 2.05) is 48.5 Å². The summed E-state index contributed by atoms with van der Waals surface area (Å²) >= 11 is 0. The van der Waals surface area contributed by atoms with Gasteiger partial charge in [0.05, 0.1) is 19.9 Å². The highest BCUT2D eigenvalue weighted by Crippen LogP contribution is 2.31. The van der Waals surface area contributed by atoms with E-state index in [2.05, 4.69) is 14.9 Å². The van der Waals surface area contributed by atoms with Crippen LogP contribution in [-0.2, 0) is 6.54 Å². The molecule has 1 fully saturated rings. The van der Waals surface area contributed by atoms with Crippen molar-refractivity contribution in [2.75, 3.05) is 20.2 Å². The molecule has 0 unspecified atom stereocenters. The van der Waals surface area contributed by atoms with Crippen molar-refractivity contribution < 1.29 is 13.6 Å². The molecule has 0 saturated carbocycles. The number of methoxy groups -OCH3 is 1. The molecule has 6 heteroatoms. The van der Waals surface area contributed by atoms with Crippen LogP contribution >= 0.6 is 0 Å². The van der Waals surface area contributed by atoms with Crippen molar-refractivity contribution in [2.24, 2.45) is 0 Å². The maximum absolute atomic E-state index is 5.97. The first-order chi connectivity index (χ1) is 14.3. The van der Waals surface area contributed by atoms with E-state index in [0.29, 0.717) is 5.92 Å². The third-order valence-electron chi connectivity index (χ3n) is 5.53. The van der Waals surface area contributed by atoms with Crippen LogP contribution in [0.1, 0.15) is 30.5 Å². The minimum absolute atomic E-state index is 0.373. The lowest BCUT2D eigenvalue weighted by Gasteiger charge is -2.29. The number of oxazole rings is 2. The number of hydrogen-bond donors (Lipinski definition) is 0. The third kappa shape index (κ3) is 3.76. The largest absolute Gasteiger partial charge is 0.497 e. The SMILES string of the molecule is COc1ccc(-c2cnc(CN3CCC(c4nc5ccccc5o4)CC3)o2)cc1. The van der Waals surface area contributed by atoms with Crippen LogP contribution in [-0.4, -0.2) is 35.1 Å². The number of hydrogen-bond acceptors (Lipinski definition) is 6. The second-order valence-electron chi connectivity index (χ2n) is 7.42. The first kappa shape index (κ1) is 17.9. The van der Waals surface area contributed by atoms with Crippen LogP contribution in [0.4, 0.5) is 0 Å². The summed E-state index contributed by atoms with van der Waals surface area (Å²) in [5.41, 5.74) is 2.81. The van der Waals surface area contributed by atoms with Gasteiger partial charge in [-0.3, -0.25) is 4.90 Å². The molecule has 0 atom stereocenters. The molecule has 0 spiro atoms. The molecule has 0 radical (unpaired) electrons. The molecule has 0 N–H and O–H groups in total. The predicted octanol–water partition coefficient (Wildman–Crippen LogP) is 4.87. The molecule has 2 aromatic carbocycles. The third-order valence-corrected chi connectivity index (χ3v) is 5.53. The van der Waals surface area contributed by atoms with Crippen LogP contribution in [0.3, 0.4) is 0 Å². The second kappa shape index (κ2) is 7.72. The van der Waals surface area contributed by atoms with Crippen LogP contribution in [0.2, 0.25) is 0 Å². The van der Waals surface area contributed by atoms with E-state index in [-0.39, 0.29) is 0 Å². The molecule has 5 rings (SSSR count). The molecular weight excluding hydrogens is 366 g/mol. The molecule has 2 aromatic heterocycles. The van der Waals surface area contributed by atoms with Gasteiger partial charge in [-0.15, -0.1) is 0 Å². The summed E-state index contributed by atoms with van der Waals surface area (Å²) in [5, 5.41) is 0. The number of aromatic nitrogens is 2. The van der Waals surface area contributed by atoms with Crippen molar-refractivity contribution >= 4 is 11.1 Å². The Morgan fingerprint density at radius 2 is 1.83 bits per heavy atom. The summed E-state index contributed by atoms with van der Waals surface area (Å²) in [6.07, 6.45) is 3.85. The number of nitrogens with zero attached hydrogens (tertiary/aromatic N) is 3. The lowest BCUT2D eigenvalue weighted by atomic mass is 9.97. The van der Waals surface area contributed by atoms with Gasteiger partial charge in [-0.2, -0.15) is 0 Å². The number of benzene rings is 2. The number of rotatable bonds is 5. The fourth-order valence-electron chi connectivity index (χ4n) is 3.87. The molecule has 4 aromatic rings. The fourth-order valence-corrected chi connectivity index (χ4v) is 3.87. The second-order valence-corrected chi connectivity index (χ2v) is 7.42. The Kier molecular flexibility index (Phi) is 4.77. The van der Waals surface area contributed by atoms with Crippen molar-refractivity contribution in [3.63, 3.8) is 0 Å². The molecule has 0 amide bonds. The Morgan fingerprint density at radius 1 is 1.03 bits per heavy atom. The van der Waals surface area contributed by atoms with Crippen LogP contribution in [0.15, 0.2) is 63.6 Å². The van der Waals surface area contributed by atoms with Crippen molar-refractivity contribution in [3.05, 3.63) is 66.5 Å². The van der Waals surface area contributed by atoms with Crippen LogP contribution in [0.25, 0.3) is 22.4 Å². The highest BCUT2D eigenvalue weighted by Gasteiger charge is 2.25. The van der Waals surface area contributed by atoms with Gasteiger partial charge in [0.1, 0.15) is 11.3 Å². The maximum Gasteiger partial charge on any atom is 0.209 e. The van der Waals surface area contributed by atoms with E-state index < -0.39 is 0 Å². The fraction of sp³-hybridized carbons (Fsp3) is 0.304. The van der Waals surface area contributed by atoms with Crippen LogP contribution in [0.5, 0.6) is 5.75 Å². The number of para-hydroxylation sites is 2. The molecule has 6 nitrogen and oxygen atoms in total. The lowest BCUT2D eigenvalue weighted by Crippen LogP contribution is -2.32. The minimum Gasteiger partial charge on any atom is -0.497 e. The summed E-state index contributed by atoms with van der Waals surface area (Å²) in [7, 11) is 1.66. The standard InChI is InChI=1S/C23H23N3O3/c1-27-18-8-6-16(7-9-18)21-14-24-22(28-21)15-26-12-10-17(11-13-26)23-25-19-4-2-3-5-20(19)29-23/h2-9,14,17H,10-13,15H2,1H3. The van der Waals surface area contributed by atoms with Gasteiger partial charge in [0.2, 0.25) is 5.89 Å². The highest BCUT2D eigenvalue weighted by atomic mass is 16.5. The summed E-state index contributed by atoms with van der Waals surface area (Å²) in [6.45, 7) is 2.67. The van der Waals surface area contributed by atoms with Gasteiger partial charge in [0, 0.05) is 11.5 Å². The lowest BCUT2D eigenvalue weighted by molar-refractivity contribution is 0.179. The van der Waals surface area contributed by atoms with Gasteiger partial charge < -0.3 is 13.6 Å². The van der Waals surface area contributed by atoms with E-state index in [9.17, 15) is 0 Å². The maximum atomic E-state index is 5.97. The summed E-state index contributed by atoms with van der Waals surface area (Å²) in [5.74, 6) is 3.59. The molecule has 1 aliphatic heterocycles. The molecule has 0 aliphatic carbocycles. The van der Waals surface area contributed by atoms with E-state index >= 15 is 0 Å². The van der Waals surface area contributed by atoms with Gasteiger partial charge in [0.25, 0.3) is 0 Å². The molecule has 1 aliphatic rings. The first-order valence-electron chi connectivity index (χ1n) is 9.95. The van der Waals surface area contributed by atoms with E-state index in [0.717, 1.165) is 72.4 Å². The summed E-state index contributed by atoms with van der Waals surface area (Å²) < 4.78 is 17.1. The number of likely N-dealkylation sites (tertiary alicyclic amines) is 1. The number of ether oxygens (including phenoxy) is 1. The first-order valence-corrected chi connectivity index (χ1v) is 9.95. The normalized spacial score (nSPS) is 15.8. The zero-order chi connectivity index (χ0) is 19.6. The predicted molar refractivity (Wildman–Crippen MR) is 110 cm³/mol. The zero-order valence-corrected chi connectivity index (χ0v) is 16.4. The monoisotopic (exact) mass is 389 g/mol. The number of piperidine rings is 1. The molecular formula is C23H23N3O3. The van der Waals surface area contributed by atoms with Crippen LogP contribution < -0.4 is 4.74 Å². The molecule has 1 saturated heterocycles. The van der Waals surface area contributed by atoms with E-state index in [1.54, 1.807) is 13.3 Å². The van der Waals surface area contributed by atoms with E-state index in [4.69, 9.17) is 13.6 Å². The quantitative estimate of drug-likeness (QED) is 0.485. The topological polar surface area (TPSA) is 64.5 Å². The van der Waals surface area contributed by atoms with Gasteiger partial charge in [-0.1, -0.05) is 12.1 Å². The Labute approximate surface area is 169 Å². The van der Waals surface area contributed by atoms with Crippen molar-refractivity contribution in [1.82, 2.24) is 14.9 Å². The van der Waals surface area contributed by atoms with E-state index in [1.165, 1.54) is 0 Å². The van der Waals surface area contributed by atoms with Gasteiger partial charge >= 0.3 is 0 Å². The van der Waals surface area contributed by atoms with Crippen LogP contribution in [0, 0.1) is 0 Å². The van der Waals surface area contributed by atoms with Gasteiger partial charge in [-0.25, -0.2) is 9.97 Å². The summed E-state index contributed by atoms with van der Waals surface area (Å²) in [4.78, 5) is 11.5. The number of fused-ring (bicyclic) bond motifs is 1. The molecule has 3 heterocycles. The van der Waals surface area contributed by atoms with Gasteiger partial charge in [-0.05, 0) is 62.3 Å². The van der Waals surface area contributed by atoms with Crippen molar-refractivity contribution in [3.8, 4) is 17.1 Å². The molecule has 0 bridgehead atoms. The molecule has 29 heavy (non-hydrogen) atoms. The Balaban J connectivity index is 1.20. The zero-order valence-electron chi connectivity index (χ0n) is 16.4. The average Bonchev–Trinajstić information content (AvgIpc) is 3.41. The highest BCUT2D eigenvalue weighted by molar-refractivity contribution is 5.72. The van der Waals surface area contributed by atoms with Crippen molar-refractivity contribution in [1.29, 1.82) is 0 Å². The summed E-state index contributed by atoms with van der Waals surface area (Å²) in [6, 6.07) is 15.8. The molecule has 148 valence electrons. The van der Waals surface area contributed by atoms with Gasteiger partial charge in [0.15, 0.2) is 17.2 Å². The Bertz CT molecular complexity index is 1060. The minimum atomic E-state index is 0.373.